The van der Waals surface area contributed by atoms with Gasteiger partial charge in [0.2, 0.25) is 0 Å². The lowest BCUT2D eigenvalue weighted by Gasteiger charge is -2.16. The maximum Gasteiger partial charge on any atom is 0.163 e. The number of benzene rings is 1. The van der Waals surface area contributed by atoms with E-state index in [0.717, 1.165) is 6.07 Å². The maximum atomic E-state index is 13.2. The summed E-state index contributed by atoms with van der Waals surface area (Å²) >= 11 is 0. The van der Waals surface area contributed by atoms with Crippen molar-refractivity contribution in [2.75, 3.05) is 0 Å². The van der Waals surface area contributed by atoms with Crippen LogP contribution < -0.4 is 5.73 Å². The van der Waals surface area contributed by atoms with Gasteiger partial charge in [0.1, 0.15) is 0 Å². The second-order valence-electron chi connectivity index (χ2n) is 3.41. The van der Waals surface area contributed by atoms with Gasteiger partial charge in [0, 0.05) is 11.6 Å². The first-order valence-corrected chi connectivity index (χ1v) is 4.23. The van der Waals surface area contributed by atoms with E-state index in [2.05, 4.69) is 0 Å². The number of hydrogen-bond acceptors (Lipinski definition) is 1. The molecule has 0 aliphatic rings. The van der Waals surface area contributed by atoms with Crippen molar-refractivity contribution in [2.45, 2.75) is 19.9 Å². The van der Waals surface area contributed by atoms with Crippen LogP contribution in [0.25, 0.3) is 0 Å². The van der Waals surface area contributed by atoms with Crippen LogP contribution in [0.5, 0.6) is 0 Å². The first-order valence-electron chi connectivity index (χ1n) is 4.23. The molecule has 0 aliphatic carbocycles. The summed E-state index contributed by atoms with van der Waals surface area (Å²) in [5, 5.41) is 0. The first-order chi connectivity index (χ1) is 6.04. The second kappa shape index (κ2) is 3.83. The van der Waals surface area contributed by atoms with Crippen molar-refractivity contribution in [3.8, 4) is 0 Å². The Bertz CT molecular complexity index is 297. The molecule has 1 aromatic carbocycles. The summed E-state index contributed by atoms with van der Waals surface area (Å²) in [6, 6.07) is 3.63. The Kier molecular flexibility index (Phi) is 2.98. The van der Waals surface area contributed by atoms with E-state index >= 15 is 0 Å². The van der Waals surface area contributed by atoms with Gasteiger partial charge in [-0.2, -0.15) is 0 Å². The molecular formula is C10H13F2N. The van der Waals surface area contributed by atoms with E-state index in [4.69, 9.17) is 5.73 Å². The zero-order chi connectivity index (χ0) is 10.0. The molecule has 0 aromatic heterocycles. The molecule has 1 unspecified atom stereocenters. The number of nitrogens with two attached hydrogens (primary N) is 1. The molecule has 1 aromatic rings. The minimum Gasteiger partial charge on any atom is -0.324 e. The smallest absolute Gasteiger partial charge is 0.163 e. The largest absolute Gasteiger partial charge is 0.324 e. The summed E-state index contributed by atoms with van der Waals surface area (Å²) in [7, 11) is 0. The van der Waals surface area contributed by atoms with E-state index in [0.29, 0.717) is 0 Å². The Morgan fingerprint density at radius 2 is 1.85 bits per heavy atom. The molecule has 1 nitrogen and oxygen atoms in total. The molecule has 1 atom stereocenters. The topological polar surface area (TPSA) is 26.0 Å². The normalized spacial score (nSPS) is 13.4. The highest BCUT2D eigenvalue weighted by molar-refractivity contribution is 5.22. The summed E-state index contributed by atoms with van der Waals surface area (Å²) in [5.41, 5.74) is 5.95. The van der Waals surface area contributed by atoms with Crippen molar-refractivity contribution in [1.82, 2.24) is 0 Å². The van der Waals surface area contributed by atoms with Crippen molar-refractivity contribution in [2.24, 2.45) is 11.7 Å². The van der Waals surface area contributed by atoms with Crippen LogP contribution in [-0.4, -0.2) is 0 Å². The fraction of sp³-hybridized carbons (Fsp3) is 0.400. The summed E-state index contributed by atoms with van der Waals surface area (Å²) < 4.78 is 25.9. The summed E-state index contributed by atoms with van der Waals surface area (Å²) in [6.45, 7) is 3.74. The van der Waals surface area contributed by atoms with Crippen LogP contribution in [0.3, 0.4) is 0 Å². The average Bonchev–Trinajstić information content (AvgIpc) is 2.08. The number of halogens is 2. The maximum absolute atomic E-state index is 13.2. The molecule has 0 spiro atoms. The molecule has 0 radical (unpaired) electrons. The lowest BCUT2D eigenvalue weighted by Crippen LogP contribution is -2.18. The van der Waals surface area contributed by atoms with E-state index in [9.17, 15) is 8.78 Å². The standard InChI is InChI=1S/C10H13F2N/c1-6(2)10(13)7-4-3-5-8(11)9(7)12/h3-6,10H,13H2,1-2H3. The molecule has 0 saturated carbocycles. The van der Waals surface area contributed by atoms with Crippen LogP contribution in [0.1, 0.15) is 25.5 Å². The van der Waals surface area contributed by atoms with Crippen molar-refractivity contribution in [1.29, 1.82) is 0 Å². The lowest BCUT2D eigenvalue weighted by molar-refractivity contribution is 0.452. The van der Waals surface area contributed by atoms with Gasteiger partial charge in [0.25, 0.3) is 0 Å². The Morgan fingerprint density at radius 3 is 2.38 bits per heavy atom. The molecule has 1 rings (SSSR count). The van der Waals surface area contributed by atoms with Gasteiger partial charge in [-0.05, 0) is 12.0 Å². The van der Waals surface area contributed by atoms with Crippen LogP contribution in [0.2, 0.25) is 0 Å². The van der Waals surface area contributed by atoms with E-state index in [1.54, 1.807) is 0 Å². The molecule has 0 heterocycles. The van der Waals surface area contributed by atoms with E-state index < -0.39 is 17.7 Å². The van der Waals surface area contributed by atoms with Crippen molar-refractivity contribution in [3.05, 3.63) is 35.4 Å². The minimum atomic E-state index is -0.839. The van der Waals surface area contributed by atoms with Crippen LogP contribution in [-0.2, 0) is 0 Å². The molecule has 0 fully saturated rings. The third kappa shape index (κ3) is 2.04. The minimum absolute atomic E-state index is 0.0938. The van der Waals surface area contributed by atoms with Gasteiger partial charge >= 0.3 is 0 Å². The van der Waals surface area contributed by atoms with Crippen LogP contribution in [0.15, 0.2) is 18.2 Å². The van der Waals surface area contributed by atoms with Gasteiger partial charge in [0.15, 0.2) is 11.6 Å². The quantitative estimate of drug-likeness (QED) is 0.753. The Balaban J connectivity index is 3.07. The highest BCUT2D eigenvalue weighted by atomic mass is 19.2. The highest BCUT2D eigenvalue weighted by Gasteiger charge is 2.16. The van der Waals surface area contributed by atoms with E-state index in [1.807, 2.05) is 13.8 Å². The lowest BCUT2D eigenvalue weighted by atomic mass is 9.96. The fourth-order valence-electron chi connectivity index (χ4n) is 1.14. The molecule has 13 heavy (non-hydrogen) atoms. The van der Waals surface area contributed by atoms with Crippen LogP contribution in [0.4, 0.5) is 8.78 Å². The predicted octanol–water partition coefficient (Wildman–Crippen LogP) is 2.62. The summed E-state index contributed by atoms with van der Waals surface area (Å²) in [4.78, 5) is 0. The van der Waals surface area contributed by atoms with Crippen LogP contribution in [0, 0.1) is 17.6 Å². The monoisotopic (exact) mass is 185 g/mol. The number of hydrogen-bond donors (Lipinski definition) is 1. The van der Waals surface area contributed by atoms with Crippen molar-refractivity contribution in [3.63, 3.8) is 0 Å². The van der Waals surface area contributed by atoms with Crippen LogP contribution >= 0.6 is 0 Å². The summed E-state index contributed by atoms with van der Waals surface area (Å²) in [6.07, 6.45) is 0. The number of rotatable bonds is 2. The second-order valence-corrected chi connectivity index (χ2v) is 3.41. The van der Waals surface area contributed by atoms with Gasteiger partial charge in [-0.3, -0.25) is 0 Å². The Hall–Kier alpha value is -0.960. The molecule has 0 aliphatic heterocycles. The first kappa shape index (κ1) is 10.1. The van der Waals surface area contributed by atoms with Crippen molar-refractivity contribution >= 4 is 0 Å². The average molecular weight is 185 g/mol. The van der Waals surface area contributed by atoms with E-state index in [-0.39, 0.29) is 11.5 Å². The van der Waals surface area contributed by atoms with Gasteiger partial charge in [-0.25, -0.2) is 8.78 Å². The summed E-state index contributed by atoms with van der Waals surface area (Å²) in [5.74, 6) is -1.58. The molecule has 3 heteroatoms. The zero-order valence-corrected chi connectivity index (χ0v) is 7.72. The molecule has 0 bridgehead atoms. The SMILES string of the molecule is CC(C)C(N)c1cccc(F)c1F. The van der Waals surface area contributed by atoms with E-state index in [1.165, 1.54) is 12.1 Å². The van der Waals surface area contributed by atoms with Gasteiger partial charge in [-0.15, -0.1) is 0 Å². The van der Waals surface area contributed by atoms with Crippen molar-refractivity contribution < 1.29 is 8.78 Å². The molecule has 72 valence electrons. The van der Waals surface area contributed by atoms with Gasteiger partial charge in [0.05, 0.1) is 0 Å². The third-order valence-electron chi connectivity index (χ3n) is 2.06. The molecule has 0 saturated heterocycles. The molecule has 2 N–H and O–H groups in total. The molecule has 0 amide bonds. The fourth-order valence-corrected chi connectivity index (χ4v) is 1.14. The Morgan fingerprint density at radius 1 is 1.23 bits per heavy atom. The third-order valence-corrected chi connectivity index (χ3v) is 2.06. The highest BCUT2D eigenvalue weighted by Crippen LogP contribution is 2.22. The van der Waals surface area contributed by atoms with Gasteiger partial charge in [-0.1, -0.05) is 26.0 Å². The molecular weight excluding hydrogens is 172 g/mol. The zero-order valence-electron chi connectivity index (χ0n) is 7.72. The van der Waals surface area contributed by atoms with Gasteiger partial charge < -0.3 is 5.73 Å². The predicted molar refractivity (Wildman–Crippen MR) is 48.1 cm³/mol. The Labute approximate surface area is 76.6 Å².